The zero-order valence-corrected chi connectivity index (χ0v) is 12.8. The predicted octanol–water partition coefficient (Wildman–Crippen LogP) is 2.79. The van der Waals surface area contributed by atoms with Gasteiger partial charge in [0.1, 0.15) is 16.4 Å². The van der Waals surface area contributed by atoms with Crippen LogP contribution in [-0.2, 0) is 0 Å². The second kappa shape index (κ2) is 4.98. The van der Waals surface area contributed by atoms with E-state index in [4.69, 9.17) is 12.2 Å². The first-order chi connectivity index (χ1) is 9.25. The van der Waals surface area contributed by atoms with E-state index in [1.54, 1.807) is 12.1 Å². The molecule has 5 heteroatoms. The first-order valence-corrected chi connectivity index (χ1v) is 6.92. The van der Waals surface area contributed by atoms with Gasteiger partial charge in [-0.1, -0.05) is 43.8 Å². The molecule has 0 saturated carbocycles. The van der Waals surface area contributed by atoms with Crippen LogP contribution in [0.1, 0.15) is 42.3 Å². The summed E-state index contributed by atoms with van der Waals surface area (Å²) >= 11 is 5.37. The molecule has 1 atom stereocenters. The fourth-order valence-electron chi connectivity index (χ4n) is 2.11. The van der Waals surface area contributed by atoms with Crippen LogP contribution >= 0.6 is 12.2 Å². The van der Waals surface area contributed by atoms with Crippen molar-refractivity contribution in [1.82, 2.24) is 5.32 Å². The van der Waals surface area contributed by atoms with Crippen molar-refractivity contribution in [2.24, 2.45) is 10.9 Å². The number of hydrogen-bond acceptors (Lipinski definition) is 3. The Morgan fingerprint density at radius 2 is 2.10 bits per heavy atom. The Bertz CT molecular complexity index is 622. The molecule has 106 valence electrons. The van der Waals surface area contributed by atoms with E-state index in [0.29, 0.717) is 16.4 Å². The van der Waals surface area contributed by atoms with Gasteiger partial charge in [-0.15, -0.1) is 0 Å². The molecule has 2 rings (SSSR count). The summed E-state index contributed by atoms with van der Waals surface area (Å²) in [5.41, 5.74) is 1.24. The number of aliphatic imine (C=N–C) groups is 1. The fourth-order valence-corrected chi connectivity index (χ4v) is 2.48. The van der Waals surface area contributed by atoms with E-state index in [2.05, 4.69) is 10.3 Å². The van der Waals surface area contributed by atoms with Gasteiger partial charge in [-0.2, -0.15) is 0 Å². The number of aryl methyl sites for hydroxylation is 1. The van der Waals surface area contributed by atoms with Gasteiger partial charge < -0.3 is 10.4 Å². The second-order valence-electron chi connectivity index (χ2n) is 5.57. The van der Waals surface area contributed by atoms with Crippen molar-refractivity contribution in [3.63, 3.8) is 0 Å². The molecule has 1 aromatic carbocycles. The van der Waals surface area contributed by atoms with Crippen LogP contribution in [0.15, 0.2) is 23.2 Å². The maximum atomic E-state index is 11.4. The van der Waals surface area contributed by atoms with Gasteiger partial charge in [0, 0.05) is 5.56 Å². The fraction of sp³-hybridized carbons (Fsp3) is 0.400. The summed E-state index contributed by atoms with van der Waals surface area (Å²) in [5, 5.41) is 12.4. The topological polar surface area (TPSA) is 61.7 Å². The average molecular weight is 290 g/mol. The van der Waals surface area contributed by atoms with Crippen molar-refractivity contribution in [3.05, 3.63) is 34.9 Å². The molecule has 4 nitrogen and oxygen atoms in total. The Morgan fingerprint density at radius 3 is 2.60 bits per heavy atom. The molecule has 0 saturated heterocycles. The van der Waals surface area contributed by atoms with Gasteiger partial charge in [0.15, 0.2) is 0 Å². The molecule has 0 radical (unpaired) electrons. The third-order valence-corrected chi connectivity index (χ3v) is 4.34. The van der Waals surface area contributed by atoms with Gasteiger partial charge in [0.05, 0.1) is 5.56 Å². The molecular formula is C15H18N2O2S. The smallest absolute Gasteiger partial charge is 0.336 e. The van der Waals surface area contributed by atoms with Gasteiger partial charge in [-0.25, -0.2) is 4.79 Å². The van der Waals surface area contributed by atoms with Crippen LogP contribution < -0.4 is 5.32 Å². The lowest BCUT2D eigenvalue weighted by Gasteiger charge is -2.24. The Labute approximate surface area is 123 Å². The Morgan fingerprint density at radius 1 is 1.45 bits per heavy atom. The van der Waals surface area contributed by atoms with Crippen LogP contribution in [-0.4, -0.2) is 27.4 Å². The van der Waals surface area contributed by atoms with E-state index >= 15 is 0 Å². The van der Waals surface area contributed by atoms with Crippen LogP contribution in [0.2, 0.25) is 0 Å². The first-order valence-electron chi connectivity index (χ1n) is 6.51. The Hall–Kier alpha value is -1.75. The van der Waals surface area contributed by atoms with Gasteiger partial charge in [0.25, 0.3) is 0 Å². The Balaban J connectivity index is 2.54. The summed E-state index contributed by atoms with van der Waals surface area (Å²) in [6.07, 6.45) is 0. The number of amidine groups is 1. The standard InChI is InChI=1S/C15H18N2O2S/c1-8(2)15(4)14(20)16-12(17-15)10-6-5-9(3)7-11(10)13(18)19/h5-8H,1-4H3,(H,18,19)(H,16,17,20). The number of rotatable bonds is 3. The van der Waals surface area contributed by atoms with Crippen LogP contribution in [0.25, 0.3) is 0 Å². The summed E-state index contributed by atoms with van der Waals surface area (Å²) in [6.45, 7) is 7.93. The number of thiocarbonyl (C=S) groups is 1. The summed E-state index contributed by atoms with van der Waals surface area (Å²) in [4.78, 5) is 16.7. The number of nitrogens with one attached hydrogen (secondary N) is 1. The van der Waals surface area contributed by atoms with E-state index in [1.165, 1.54) is 0 Å². The molecule has 2 N–H and O–H groups in total. The largest absolute Gasteiger partial charge is 0.478 e. The summed E-state index contributed by atoms with van der Waals surface area (Å²) in [7, 11) is 0. The minimum absolute atomic E-state index is 0.235. The van der Waals surface area contributed by atoms with Gasteiger partial charge in [-0.3, -0.25) is 4.99 Å². The highest BCUT2D eigenvalue weighted by Gasteiger charge is 2.39. The molecule has 0 aliphatic carbocycles. The molecule has 0 amide bonds. The SMILES string of the molecule is Cc1ccc(C2=NC(C)(C(C)C)C(=S)N2)c(C(=O)O)c1. The van der Waals surface area contributed by atoms with Gasteiger partial charge in [0.2, 0.25) is 0 Å². The van der Waals surface area contributed by atoms with Crippen molar-refractivity contribution >= 4 is 29.0 Å². The third kappa shape index (κ3) is 2.33. The van der Waals surface area contributed by atoms with Crippen molar-refractivity contribution in [2.75, 3.05) is 0 Å². The van der Waals surface area contributed by atoms with Crippen molar-refractivity contribution in [3.8, 4) is 0 Å². The molecule has 0 spiro atoms. The van der Waals surface area contributed by atoms with E-state index in [9.17, 15) is 9.90 Å². The first kappa shape index (κ1) is 14.7. The van der Waals surface area contributed by atoms with E-state index in [-0.39, 0.29) is 11.5 Å². The maximum Gasteiger partial charge on any atom is 0.336 e. The van der Waals surface area contributed by atoms with Crippen LogP contribution in [0.5, 0.6) is 0 Å². The number of hydrogen-bond donors (Lipinski definition) is 2. The zero-order chi connectivity index (χ0) is 15.1. The lowest BCUT2D eigenvalue weighted by atomic mass is 9.90. The van der Waals surface area contributed by atoms with Crippen LogP contribution in [0, 0.1) is 12.8 Å². The summed E-state index contributed by atoms with van der Waals surface area (Å²) < 4.78 is 0. The lowest BCUT2D eigenvalue weighted by Crippen LogP contribution is -2.39. The molecule has 1 unspecified atom stereocenters. The maximum absolute atomic E-state index is 11.4. The molecule has 1 aliphatic rings. The highest BCUT2D eigenvalue weighted by atomic mass is 32.1. The van der Waals surface area contributed by atoms with Crippen molar-refractivity contribution in [1.29, 1.82) is 0 Å². The Kier molecular flexibility index (Phi) is 3.65. The van der Waals surface area contributed by atoms with Gasteiger partial charge in [-0.05, 0) is 25.8 Å². The normalized spacial score (nSPS) is 21.9. The van der Waals surface area contributed by atoms with Crippen LogP contribution in [0.4, 0.5) is 0 Å². The number of carboxylic acids is 1. The number of carbonyl (C=O) groups is 1. The predicted molar refractivity (Wildman–Crippen MR) is 83.7 cm³/mol. The minimum Gasteiger partial charge on any atom is -0.478 e. The lowest BCUT2D eigenvalue weighted by molar-refractivity contribution is 0.0696. The van der Waals surface area contributed by atoms with Crippen molar-refractivity contribution < 1.29 is 9.90 Å². The van der Waals surface area contributed by atoms with E-state index in [0.717, 1.165) is 5.56 Å². The van der Waals surface area contributed by atoms with E-state index < -0.39 is 11.5 Å². The molecule has 0 bridgehead atoms. The molecule has 0 fully saturated rings. The third-order valence-electron chi connectivity index (χ3n) is 3.82. The molecule has 1 aromatic rings. The minimum atomic E-state index is -0.961. The number of nitrogens with zero attached hydrogens (tertiary/aromatic N) is 1. The molecular weight excluding hydrogens is 272 g/mol. The summed E-state index contributed by atoms with van der Waals surface area (Å²) in [6, 6.07) is 5.30. The van der Waals surface area contributed by atoms with Crippen molar-refractivity contribution in [2.45, 2.75) is 33.2 Å². The molecule has 1 aliphatic heterocycles. The monoisotopic (exact) mass is 290 g/mol. The number of carboxylic acid groups (broad SMARTS) is 1. The second-order valence-corrected chi connectivity index (χ2v) is 5.98. The van der Waals surface area contributed by atoms with Gasteiger partial charge >= 0.3 is 5.97 Å². The number of aromatic carboxylic acids is 1. The van der Waals surface area contributed by atoms with E-state index in [1.807, 2.05) is 33.8 Å². The zero-order valence-electron chi connectivity index (χ0n) is 12.0. The van der Waals surface area contributed by atoms with Crippen LogP contribution in [0.3, 0.4) is 0 Å². The number of benzene rings is 1. The highest BCUT2D eigenvalue weighted by molar-refractivity contribution is 7.80. The quantitative estimate of drug-likeness (QED) is 0.840. The molecule has 20 heavy (non-hydrogen) atoms. The summed E-state index contributed by atoms with van der Waals surface area (Å²) in [5.74, 6) is -0.181. The highest BCUT2D eigenvalue weighted by Crippen LogP contribution is 2.28. The average Bonchev–Trinajstić information content (AvgIpc) is 2.66. The molecule has 0 aromatic heterocycles. The molecule has 1 heterocycles.